The maximum absolute atomic E-state index is 15.2. The average Bonchev–Trinajstić information content (AvgIpc) is 1.64. The number of hydrogen-bond donors (Lipinski definition) is 18. The fourth-order valence-corrected chi connectivity index (χ4v) is 13.9. The van der Waals surface area contributed by atoms with E-state index in [0.717, 1.165) is 55.2 Å². The number of rotatable bonds is 40. The third kappa shape index (κ3) is 31.3. The number of unbranched alkanes of at least 4 members (excludes halogenated alkanes) is 6. The van der Waals surface area contributed by atoms with Gasteiger partial charge in [0.05, 0.1) is 55.8 Å². The van der Waals surface area contributed by atoms with E-state index in [1.807, 2.05) is 20.1 Å². The van der Waals surface area contributed by atoms with Crippen molar-refractivity contribution in [2.24, 2.45) is 40.9 Å². The van der Waals surface area contributed by atoms with Gasteiger partial charge in [0.15, 0.2) is 12.0 Å². The maximum atomic E-state index is 15.2. The molecule has 19 atom stereocenters. The minimum absolute atomic E-state index is 0.0286. The molecule has 3 saturated heterocycles. The molecule has 0 aromatic heterocycles. The van der Waals surface area contributed by atoms with Crippen LogP contribution >= 0.6 is 11.8 Å². The Morgan fingerprint density at radius 2 is 1.31 bits per heavy atom. The van der Waals surface area contributed by atoms with Crippen molar-refractivity contribution in [1.29, 1.82) is 0 Å². The molecule has 598 valence electrons. The Morgan fingerprint density at radius 3 is 1.97 bits per heavy atom. The lowest BCUT2D eigenvalue weighted by Crippen LogP contribution is -2.64. The fraction of sp³-hybridized carbons (Fsp3) is 0.803. The molecule has 34 heteroatoms. The Balaban J connectivity index is 1.60. The molecule has 0 aromatic rings. The van der Waals surface area contributed by atoms with Gasteiger partial charge in [0.25, 0.3) is 0 Å². The van der Waals surface area contributed by atoms with Crippen molar-refractivity contribution in [1.82, 2.24) is 57.7 Å². The zero-order valence-corrected chi connectivity index (χ0v) is 63.3. The van der Waals surface area contributed by atoms with Gasteiger partial charge in [-0.3, -0.25) is 57.5 Å². The van der Waals surface area contributed by atoms with Crippen LogP contribution in [0.2, 0.25) is 0 Å². The molecule has 0 spiro atoms. The second kappa shape index (κ2) is 47.4. The summed E-state index contributed by atoms with van der Waals surface area (Å²) in [4.78, 5) is 168. The van der Waals surface area contributed by atoms with Crippen LogP contribution in [0.1, 0.15) is 183 Å². The van der Waals surface area contributed by atoms with Gasteiger partial charge in [0.2, 0.25) is 65.0 Å². The zero-order valence-electron chi connectivity index (χ0n) is 62.4. The number of thioether (sulfide) groups is 1. The van der Waals surface area contributed by atoms with Crippen LogP contribution in [-0.4, -0.2) is 266 Å². The monoisotopic (exact) mass is 1510 g/mol. The van der Waals surface area contributed by atoms with Gasteiger partial charge in [-0.1, -0.05) is 85.6 Å². The first-order valence-electron chi connectivity index (χ1n) is 37.7. The van der Waals surface area contributed by atoms with E-state index in [0.29, 0.717) is 56.1 Å². The number of hydrogen-bond acceptors (Lipinski definition) is 23. The van der Waals surface area contributed by atoms with Crippen LogP contribution in [-0.2, 0) is 62.3 Å². The number of amides is 11. The molecule has 33 nitrogen and oxygen atoms in total. The quantitative estimate of drug-likeness (QED) is 0.0274. The van der Waals surface area contributed by atoms with E-state index in [4.69, 9.17) is 21.9 Å². The van der Waals surface area contributed by atoms with Crippen LogP contribution in [0, 0.1) is 23.7 Å². The Kier molecular flexibility index (Phi) is 41.0. The first-order chi connectivity index (χ1) is 49.8. The molecule has 4 aliphatic rings. The van der Waals surface area contributed by atoms with Crippen LogP contribution in [0.15, 0.2) is 12.2 Å². The van der Waals surface area contributed by atoms with Crippen molar-refractivity contribution < 1.29 is 92.9 Å². The molecule has 3 fully saturated rings. The standard InChI is InChI=1S/C71H124N14O19S/c1-8-41(4)34-42(5)17-13-11-9-10-12-14-19-56(93)78-50-37-55(92)69(104-31-27-72)83-68(101)61-53(90)25-30-84(61)71(103)60(52(89)24-29-76-62(95)47(73)18-15-16-28-75-57(94)38-77-64(97)49(33-40(2)3)79-63(96)48(74)26-32-105-7)82-67(100)59(54(91)35-44-20-22-45(87)23-21-44)81-66(99)51-36-46(88)39-85(51)70(102)58(43(6)86)80-65(50)98/h20,22,40-44,46-55,58-61,69,86,88-92H,8-19,21,23-39,72-74H2,1-7H3,(H,75,94)(H,76,95)(H,77,97)(H,78,93)(H,79,96)(H,80,98)(H,81,99)(H,82,100)(H,83,101). The number of aliphatic hydroxyl groups excluding tert-OH is 6. The number of aliphatic hydroxyl groups is 6. The fourth-order valence-electron chi connectivity index (χ4n) is 13.4. The predicted octanol–water partition coefficient (Wildman–Crippen LogP) is -2.90. The first kappa shape index (κ1) is 90.9. The molecule has 11 amide bonds. The summed E-state index contributed by atoms with van der Waals surface area (Å²) < 4.78 is 5.81. The highest BCUT2D eigenvalue weighted by molar-refractivity contribution is 7.98. The number of ether oxygens (including phenoxy) is 1. The number of nitrogens with zero attached hydrogens (tertiary/aromatic N) is 2. The lowest BCUT2D eigenvalue weighted by atomic mass is 9.88. The number of ketones is 1. The predicted molar refractivity (Wildman–Crippen MR) is 391 cm³/mol. The number of carbonyl (C=O) groups excluding carboxylic acids is 12. The van der Waals surface area contributed by atoms with E-state index in [2.05, 4.69) is 68.6 Å². The topological polar surface area (TPSA) is 528 Å². The molecule has 0 aromatic carbocycles. The van der Waals surface area contributed by atoms with Gasteiger partial charge >= 0.3 is 0 Å². The van der Waals surface area contributed by atoms with Crippen molar-refractivity contribution in [2.45, 2.75) is 280 Å². The Labute approximate surface area is 621 Å². The second-order valence-electron chi connectivity index (χ2n) is 29.3. The normalized spacial score (nSPS) is 26.1. The molecular formula is C71H124N14O19S. The third-order valence-electron chi connectivity index (χ3n) is 19.7. The number of carbonyl (C=O) groups is 12. The molecule has 0 bridgehead atoms. The molecule has 0 radical (unpaired) electrons. The summed E-state index contributed by atoms with van der Waals surface area (Å²) in [6, 6.07) is -14.2. The van der Waals surface area contributed by atoms with Gasteiger partial charge < -0.3 is 110 Å². The smallest absolute Gasteiger partial charge is 0.248 e. The van der Waals surface area contributed by atoms with Gasteiger partial charge in [-0.2, -0.15) is 11.8 Å². The van der Waals surface area contributed by atoms with Gasteiger partial charge in [-0.25, -0.2) is 0 Å². The van der Waals surface area contributed by atoms with E-state index in [1.165, 1.54) is 30.3 Å². The SMILES string of the molecule is CCC(C)CC(C)CCCCCCCCC(=O)NC1CC(O)C(OCCN)NC(=O)C2C(O)CCN2C(=O)C(C(O)CCNC(=O)C(N)CCCCNC(=O)CNC(=O)C(CC(C)C)NC(=O)C(N)CCSC)NC(=O)C(C(O)CC2C=CC(=O)CC2)NC(=O)C2CC(O)CN2C(=O)C(C(C)O)NC1=O. The molecule has 1 aliphatic carbocycles. The van der Waals surface area contributed by atoms with Crippen molar-refractivity contribution in [2.75, 3.05) is 57.9 Å². The van der Waals surface area contributed by atoms with Crippen molar-refractivity contribution >= 4 is 82.5 Å². The molecule has 105 heavy (non-hydrogen) atoms. The molecule has 19 unspecified atom stereocenters. The van der Waals surface area contributed by atoms with Gasteiger partial charge in [-0.05, 0) is 119 Å². The van der Waals surface area contributed by atoms with Gasteiger partial charge in [0, 0.05) is 58.4 Å². The second-order valence-corrected chi connectivity index (χ2v) is 30.3. The lowest BCUT2D eigenvalue weighted by molar-refractivity contribution is -0.149. The Hall–Kier alpha value is -6.47. The Morgan fingerprint density at radius 1 is 0.657 bits per heavy atom. The highest BCUT2D eigenvalue weighted by atomic mass is 32.2. The largest absolute Gasteiger partial charge is 0.391 e. The minimum atomic E-state index is -2.12. The van der Waals surface area contributed by atoms with E-state index >= 15 is 4.79 Å². The molecule has 3 heterocycles. The van der Waals surface area contributed by atoms with Crippen LogP contribution in [0.5, 0.6) is 0 Å². The lowest BCUT2D eigenvalue weighted by Gasteiger charge is -2.34. The summed E-state index contributed by atoms with van der Waals surface area (Å²) in [5.74, 6) is -8.73. The summed E-state index contributed by atoms with van der Waals surface area (Å²) in [7, 11) is 0. The summed E-state index contributed by atoms with van der Waals surface area (Å²) in [6.07, 6.45) is 0.190. The summed E-state index contributed by atoms with van der Waals surface area (Å²) >= 11 is 1.53. The molecular weight excluding hydrogens is 1380 g/mol. The van der Waals surface area contributed by atoms with Crippen LogP contribution in [0.3, 0.4) is 0 Å². The maximum Gasteiger partial charge on any atom is 0.248 e. The highest BCUT2D eigenvalue weighted by Gasteiger charge is 2.49. The van der Waals surface area contributed by atoms with E-state index in [9.17, 15) is 83.4 Å². The number of nitrogens with one attached hydrogen (secondary N) is 9. The summed E-state index contributed by atoms with van der Waals surface area (Å²) in [6.45, 7) is 9.52. The highest BCUT2D eigenvalue weighted by Crippen LogP contribution is 2.27. The van der Waals surface area contributed by atoms with Gasteiger partial charge in [0.1, 0.15) is 48.4 Å². The Bertz CT molecular complexity index is 2850. The average molecular weight is 1510 g/mol. The zero-order chi connectivity index (χ0) is 78.0. The van der Waals surface area contributed by atoms with Gasteiger partial charge in [-0.15, -0.1) is 0 Å². The summed E-state index contributed by atoms with van der Waals surface area (Å²) in [5.41, 5.74) is 18.1. The van der Waals surface area contributed by atoms with Crippen LogP contribution in [0.4, 0.5) is 0 Å². The first-order valence-corrected chi connectivity index (χ1v) is 39.1. The third-order valence-corrected chi connectivity index (χ3v) is 20.4. The molecule has 21 N–H and O–H groups in total. The summed E-state index contributed by atoms with van der Waals surface area (Å²) in [5, 5.41) is 92.9. The van der Waals surface area contributed by atoms with Crippen LogP contribution in [0.25, 0.3) is 0 Å². The number of allylic oxidation sites excluding steroid dienone is 2. The number of nitrogens with two attached hydrogens (primary N) is 3. The van der Waals surface area contributed by atoms with E-state index < -0.39 is 207 Å². The molecule has 0 saturated carbocycles. The molecule has 3 aliphatic heterocycles. The van der Waals surface area contributed by atoms with Crippen molar-refractivity contribution in [3.8, 4) is 0 Å². The number of fused-ring (bicyclic) bond motifs is 2. The van der Waals surface area contributed by atoms with Crippen LogP contribution < -0.4 is 65.1 Å². The minimum Gasteiger partial charge on any atom is -0.391 e. The van der Waals surface area contributed by atoms with E-state index in [1.54, 1.807) is 0 Å². The van der Waals surface area contributed by atoms with Crippen molar-refractivity contribution in [3.05, 3.63) is 12.2 Å². The molecule has 4 rings (SSSR count). The van der Waals surface area contributed by atoms with Crippen molar-refractivity contribution in [3.63, 3.8) is 0 Å². The van der Waals surface area contributed by atoms with E-state index in [-0.39, 0.29) is 76.5 Å².